The fourth-order valence-electron chi connectivity index (χ4n) is 3.99. The number of anilines is 1. The normalized spacial score (nSPS) is 13.7. The van der Waals surface area contributed by atoms with E-state index in [1.807, 2.05) is 42.5 Å². The molecule has 33 heavy (non-hydrogen) atoms. The maximum absolute atomic E-state index is 13.4. The van der Waals surface area contributed by atoms with Crippen molar-refractivity contribution in [3.8, 4) is 11.5 Å². The van der Waals surface area contributed by atoms with Gasteiger partial charge in [-0.15, -0.1) is 0 Å². The van der Waals surface area contributed by atoms with Gasteiger partial charge in [0.15, 0.2) is 11.5 Å². The molecule has 3 aromatic rings. The second-order valence-electron chi connectivity index (χ2n) is 7.58. The number of amides is 2. The minimum absolute atomic E-state index is 0.237. The molecule has 4 rings (SSSR count). The molecule has 1 aliphatic heterocycles. The Hall–Kier alpha value is -3.84. The van der Waals surface area contributed by atoms with E-state index in [9.17, 15) is 9.59 Å². The third kappa shape index (κ3) is 4.27. The number of hydrogen-bond donors (Lipinski definition) is 1. The first-order chi connectivity index (χ1) is 16.1. The summed E-state index contributed by atoms with van der Waals surface area (Å²) >= 11 is 0. The molecule has 0 spiro atoms. The zero-order valence-electron chi connectivity index (χ0n) is 18.9. The van der Waals surface area contributed by atoms with Gasteiger partial charge in [-0.25, -0.2) is 0 Å². The van der Waals surface area contributed by atoms with E-state index in [1.165, 1.54) is 12.0 Å². The Balaban J connectivity index is 1.81. The van der Waals surface area contributed by atoms with Gasteiger partial charge in [0.25, 0.3) is 11.8 Å². The van der Waals surface area contributed by atoms with Crippen molar-refractivity contribution < 1.29 is 23.8 Å². The number of benzene rings is 3. The molecular formula is C26H26N2O5. The van der Waals surface area contributed by atoms with Crippen LogP contribution in [0.3, 0.4) is 0 Å². The van der Waals surface area contributed by atoms with Crippen LogP contribution in [0.15, 0.2) is 66.4 Å². The monoisotopic (exact) mass is 446 g/mol. The lowest BCUT2D eigenvalue weighted by Gasteiger charge is -2.15. The molecule has 0 aromatic heterocycles. The van der Waals surface area contributed by atoms with Crippen LogP contribution >= 0.6 is 0 Å². The first kappa shape index (κ1) is 22.4. The highest BCUT2D eigenvalue weighted by atomic mass is 16.5. The smallest absolute Gasteiger partial charge is 0.278 e. The minimum atomic E-state index is -0.367. The van der Waals surface area contributed by atoms with E-state index in [4.69, 9.17) is 14.2 Å². The molecule has 0 aliphatic carbocycles. The number of methoxy groups -OCH3 is 3. The molecule has 2 amide bonds. The molecule has 3 aromatic carbocycles. The Kier molecular flexibility index (Phi) is 6.60. The second kappa shape index (κ2) is 9.75. The number of imide groups is 1. The molecule has 0 fully saturated rings. The predicted molar refractivity (Wildman–Crippen MR) is 127 cm³/mol. The lowest BCUT2D eigenvalue weighted by atomic mass is 10.0. The number of nitrogens with zero attached hydrogens (tertiary/aromatic N) is 1. The molecule has 1 N–H and O–H groups in total. The number of ether oxygens (including phenoxy) is 3. The number of carbonyl (C=O) groups excluding carboxylic acids is 2. The molecular weight excluding hydrogens is 420 g/mol. The summed E-state index contributed by atoms with van der Waals surface area (Å²) in [5.74, 6) is 0.295. The van der Waals surface area contributed by atoms with E-state index >= 15 is 0 Å². The van der Waals surface area contributed by atoms with Gasteiger partial charge >= 0.3 is 0 Å². The van der Waals surface area contributed by atoms with E-state index < -0.39 is 0 Å². The van der Waals surface area contributed by atoms with Crippen LogP contribution in [0.2, 0.25) is 0 Å². The summed E-state index contributed by atoms with van der Waals surface area (Å²) in [6, 6.07) is 18.9. The van der Waals surface area contributed by atoms with E-state index in [2.05, 4.69) is 5.32 Å². The Morgan fingerprint density at radius 2 is 1.61 bits per heavy atom. The van der Waals surface area contributed by atoms with Crippen molar-refractivity contribution in [3.05, 3.63) is 71.9 Å². The van der Waals surface area contributed by atoms with Crippen molar-refractivity contribution in [2.75, 3.05) is 39.8 Å². The van der Waals surface area contributed by atoms with Crippen LogP contribution < -0.4 is 14.8 Å². The van der Waals surface area contributed by atoms with Crippen LogP contribution in [0.5, 0.6) is 11.5 Å². The van der Waals surface area contributed by atoms with Crippen molar-refractivity contribution in [1.29, 1.82) is 0 Å². The Labute approximate surface area is 192 Å². The van der Waals surface area contributed by atoms with Gasteiger partial charge in [0.05, 0.1) is 19.8 Å². The van der Waals surface area contributed by atoms with Gasteiger partial charge in [-0.3, -0.25) is 14.5 Å². The van der Waals surface area contributed by atoms with Crippen molar-refractivity contribution in [3.63, 3.8) is 0 Å². The number of hydrogen-bond acceptors (Lipinski definition) is 6. The van der Waals surface area contributed by atoms with Crippen LogP contribution in [-0.2, 0) is 14.3 Å². The molecule has 1 heterocycles. The van der Waals surface area contributed by atoms with Crippen LogP contribution in [0.1, 0.15) is 12.0 Å². The lowest BCUT2D eigenvalue weighted by molar-refractivity contribution is -0.136. The summed E-state index contributed by atoms with van der Waals surface area (Å²) in [5.41, 5.74) is 1.86. The minimum Gasteiger partial charge on any atom is -0.493 e. The standard InChI is InChI=1S/C26H26N2O5/c1-31-15-7-14-28-25(29)23(18-12-13-21(32-2)22(16-18)33-3)24(26(28)30)27-20-11-6-9-17-8-4-5-10-19(17)20/h4-6,8-13,16,27H,7,14-15H2,1-3H3. The number of rotatable bonds is 9. The van der Waals surface area contributed by atoms with Crippen LogP contribution in [0.25, 0.3) is 16.3 Å². The van der Waals surface area contributed by atoms with Gasteiger partial charge in [-0.05, 0) is 35.6 Å². The second-order valence-corrected chi connectivity index (χ2v) is 7.58. The van der Waals surface area contributed by atoms with Crippen LogP contribution in [0.4, 0.5) is 5.69 Å². The largest absolute Gasteiger partial charge is 0.493 e. The lowest BCUT2D eigenvalue weighted by Crippen LogP contribution is -2.33. The Morgan fingerprint density at radius 1 is 0.848 bits per heavy atom. The van der Waals surface area contributed by atoms with Crippen molar-refractivity contribution in [2.45, 2.75) is 6.42 Å². The Morgan fingerprint density at radius 3 is 2.36 bits per heavy atom. The van der Waals surface area contributed by atoms with E-state index in [0.717, 1.165) is 16.5 Å². The van der Waals surface area contributed by atoms with Gasteiger partial charge in [0, 0.05) is 31.3 Å². The van der Waals surface area contributed by atoms with Crippen molar-refractivity contribution in [2.24, 2.45) is 0 Å². The quantitative estimate of drug-likeness (QED) is 0.394. The van der Waals surface area contributed by atoms with Gasteiger partial charge in [0.1, 0.15) is 5.70 Å². The Bertz CT molecular complexity index is 1230. The maximum Gasteiger partial charge on any atom is 0.278 e. The molecule has 1 aliphatic rings. The highest BCUT2D eigenvalue weighted by Crippen LogP contribution is 2.36. The van der Waals surface area contributed by atoms with Gasteiger partial charge in [-0.1, -0.05) is 42.5 Å². The van der Waals surface area contributed by atoms with E-state index in [1.54, 1.807) is 32.4 Å². The van der Waals surface area contributed by atoms with Crippen molar-refractivity contribution >= 4 is 33.8 Å². The summed E-state index contributed by atoms with van der Waals surface area (Å²) in [7, 11) is 4.67. The molecule has 0 atom stereocenters. The molecule has 0 bridgehead atoms. The van der Waals surface area contributed by atoms with Gasteiger partial charge < -0.3 is 19.5 Å². The first-order valence-electron chi connectivity index (χ1n) is 10.7. The number of fused-ring (bicyclic) bond motifs is 1. The maximum atomic E-state index is 13.4. The molecule has 7 nitrogen and oxygen atoms in total. The predicted octanol–water partition coefficient (Wildman–Crippen LogP) is 4.09. The average molecular weight is 447 g/mol. The SMILES string of the molecule is COCCCN1C(=O)C(Nc2cccc3ccccc23)=C(c2ccc(OC)c(OC)c2)C1=O. The fourth-order valence-corrected chi connectivity index (χ4v) is 3.99. The first-order valence-corrected chi connectivity index (χ1v) is 10.7. The molecule has 7 heteroatoms. The van der Waals surface area contributed by atoms with Gasteiger partial charge in [0.2, 0.25) is 0 Å². The number of carbonyl (C=O) groups is 2. The summed E-state index contributed by atoms with van der Waals surface area (Å²) in [6.07, 6.45) is 0.550. The molecule has 0 radical (unpaired) electrons. The molecule has 0 saturated heterocycles. The third-order valence-electron chi connectivity index (χ3n) is 5.62. The summed E-state index contributed by atoms with van der Waals surface area (Å²) in [5, 5.41) is 5.25. The summed E-state index contributed by atoms with van der Waals surface area (Å²) in [4.78, 5) is 28.1. The molecule has 170 valence electrons. The molecule has 0 saturated carbocycles. The summed E-state index contributed by atoms with van der Waals surface area (Å²) < 4.78 is 15.8. The number of nitrogens with one attached hydrogen (secondary N) is 1. The third-order valence-corrected chi connectivity index (χ3v) is 5.62. The zero-order chi connectivity index (χ0) is 23.4. The highest BCUT2D eigenvalue weighted by molar-refractivity contribution is 6.36. The summed E-state index contributed by atoms with van der Waals surface area (Å²) in [6.45, 7) is 0.720. The topological polar surface area (TPSA) is 77.1 Å². The van der Waals surface area contributed by atoms with E-state index in [0.29, 0.717) is 35.7 Å². The van der Waals surface area contributed by atoms with Crippen molar-refractivity contribution in [1.82, 2.24) is 4.90 Å². The van der Waals surface area contributed by atoms with Gasteiger partial charge in [-0.2, -0.15) is 0 Å². The van der Waals surface area contributed by atoms with Crippen LogP contribution in [0, 0.1) is 0 Å². The molecule has 0 unspecified atom stereocenters. The van der Waals surface area contributed by atoms with E-state index in [-0.39, 0.29) is 24.1 Å². The zero-order valence-corrected chi connectivity index (χ0v) is 18.9. The highest BCUT2D eigenvalue weighted by Gasteiger charge is 2.39. The van der Waals surface area contributed by atoms with Crippen LogP contribution in [-0.4, -0.2) is 51.2 Å². The average Bonchev–Trinajstić information content (AvgIpc) is 3.08. The fraction of sp³-hybridized carbons (Fsp3) is 0.231.